The van der Waals surface area contributed by atoms with Crippen molar-refractivity contribution in [2.45, 2.75) is 25.5 Å². The lowest BCUT2D eigenvalue weighted by Crippen LogP contribution is -2.40. The summed E-state index contributed by atoms with van der Waals surface area (Å²) in [6, 6.07) is 7.29. The van der Waals surface area contributed by atoms with E-state index in [-0.39, 0.29) is 6.10 Å². The molecule has 0 radical (unpaired) electrons. The van der Waals surface area contributed by atoms with E-state index in [1.807, 2.05) is 12.1 Å². The lowest BCUT2D eigenvalue weighted by molar-refractivity contribution is 0.114. The number of aliphatic imine (C=N–C) groups is 1. The summed E-state index contributed by atoms with van der Waals surface area (Å²) in [4.78, 5) is 8.54. The molecule has 2 heterocycles. The Balaban J connectivity index is 1.51. The van der Waals surface area contributed by atoms with Crippen molar-refractivity contribution in [3.63, 3.8) is 0 Å². The fourth-order valence-corrected chi connectivity index (χ4v) is 2.56. The minimum absolute atomic E-state index is 0.253. The average molecular weight is 350 g/mol. The van der Waals surface area contributed by atoms with Crippen molar-refractivity contribution in [2.75, 3.05) is 20.2 Å². The third-order valence-corrected chi connectivity index (χ3v) is 3.97. The van der Waals surface area contributed by atoms with Crippen LogP contribution in [0.4, 0.5) is 0 Å². The molecular formula is C16H20ClN5O2. The first-order valence-corrected chi connectivity index (χ1v) is 8.27. The average Bonchev–Trinajstić information content (AvgIpc) is 3.27. The molecule has 2 aromatic rings. The molecule has 1 atom stereocenters. The largest absolute Gasteiger partial charge is 0.376 e. The standard InChI is InChI=1S/C16H20ClN5O2/c1-18-16(19-9-13-3-2-8-23-13)20-10-14-21-15(22-24-14)11-4-6-12(17)7-5-11/h4-7,13H,2-3,8-10H2,1H3,(H2,18,19,20). The Labute approximate surface area is 145 Å². The zero-order valence-electron chi connectivity index (χ0n) is 13.5. The quantitative estimate of drug-likeness (QED) is 0.636. The van der Waals surface area contributed by atoms with E-state index in [2.05, 4.69) is 25.8 Å². The predicted molar refractivity (Wildman–Crippen MR) is 91.9 cm³/mol. The van der Waals surface area contributed by atoms with Gasteiger partial charge in [-0.1, -0.05) is 16.8 Å². The number of hydrogen-bond donors (Lipinski definition) is 2. The number of benzene rings is 1. The molecule has 1 saturated heterocycles. The Bertz CT molecular complexity index is 680. The van der Waals surface area contributed by atoms with E-state index in [1.54, 1.807) is 19.2 Å². The molecule has 0 bridgehead atoms. The van der Waals surface area contributed by atoms with E-state index >= 15 is 0 Å². The molecule has 8 heteroatoms. The first kappa shape index (κ1) is 16.7. The summed E-state index contributed by atoms with van der Waals surface area (Å²) in [5.74, 6) is 1.70. The van der Waals surface area contributed by atoms with Crippen molar-refractivity contribution in [2.24, 2.45) is 4.99 Å². The minimum atomic E-state index is 0.253. The molecule has 0 aliphatic carbocycles. The van der Waals surface area contributed by atoms with E-state index in [1.165, 1.54) is 0 Å². The van der Waals surface area contributed by atoms with Gasteiger partial charge in [-0.3, -0.25) is 4.99 Å². The third kappa shape index (κ3) is 4.46. The number of aromatic nitrogens is 2. The monoisotopic (exact) mass is 349 g/mol. The van der Waals surface area contributed by atoms with Crippen molar-refractivity contribution in [3.8, 4) is 11.4 Å². The van der Waals surface area contributed by atoms with Crippen LogP contribution in [0.3, 0.4) is 0 Å². The summed E-state index contributed by atoms with van der Waals surface area (Å²) in [5.41, 5.74) is 0.857. The zero-order chi connectivity index (χ0) is 16.8. The Kier molecular flexibility index (Phi) is 5.66. The molecule has 0 amide bonds. The number of nitrogens with zero attached hydrogens (tertiary/aromatic N) is 3. The summed E-state index contributed by atoms with van der Waals surface area (Å²) in [7, 11) is 1.72. The highest BCUT2D eigenvalue weighted by molar-refractivity contribution is 6.30. The fourth-order valence-electron chi connectivity index (χ4n) is 2.44. The smallest absolute Gasteiger partial charge is 0.246 e. The van der Waals surface area contributed by atoms with Gasteiger partial charge in [0.15, 0.2) is 5.96 Å². The minimum Gasteiger partial charge on any atom is -0.376 e. The van der Waals surface area contributed by atoms with Crippen LogP contribution in [0.15, 0.2) is 33.8 Å². The Morgan fingerprint density at radius 2 is 2.17 bits per heavy atom. The summed E-state index contributed by atoms with van der Waals surface area (Å²) in [6.45, 7) is 1.97. The molecular weight excluding hydrogens is 330 g/mol. The van der Waals surface area contributed by atoms with Crippen molar-refractivity contribution in [3.05, 3.63) is 35.2 Å². The van der Waals surface area contributed by atoms with Gasteiger partial charge in [-0.25, -0.2) is 0 Å². The van der Waals surface area contributed by atoms with Crippen LogP contribution in [-0.4, -0.2) is 42.4 Å². The first-order chi connectivity index (χ1) is 11.7. The molecule has 1 fully saturated rings. The summed E-state index contributed by atoms with van der Waals surface area (Å²) < 4.78 is 10.8. The van der Waals surface area contributed by atoms with Gasteiger partial charge in [-0.15, -0.1) is 0 Å². The van der Waals surface area contributed by atoms with Gasteiger partial charge in [0.1, 0.15) is 0 Å². The molecule has 1 aromatic heterocycles. The number of ether oxygens (including phenoxy) is 1. The Morgan fingerprint density at radius 3 is 2.88 bits per heavy atom. The molecule has 24 heavy (non-hydrogen) atoms. The second-order valence-electron chi connectivity index (χ2n) is 5.46. The van der Waals surface area contributed by atoms with Crippen molar-refractivity contribution in [1.29, 1.82) is 0 Å². The van der Waals surface area contributed by atoms with Crippen LogP contribution in [0.2, 0.25) is 5.02 Å². The molecule has 7 nitrogen and oxygen atoms in total. The predicted octanol–water partition coefficient (Wildman–Crippen LogP) is 2.23. The zero-order valence-corrected chi connectivity index (χ0v) is 14.2. The van der Waals surface area contributed by atoms with Gasteiger partial charge in [0.2, 0.25) is 11.7 Å². The van der Waals surface area contributed by atoms with Crippen LogP contribution in [0.1, 0.15) is 18.7 Å². The molecule has 1 aliphatic heterocycles. The lowest BCUT2D eigenvalue weighted by atomic mass is 10.2. The maximum absolute atomic E-state index is 5.88. The number of hydrogen-bond acceptors (Lipinski definition) is 5. The number of halogens is 1. The van der Waals surface area contributed by atoms with Crippen LogP contribution in [0.25, 0.3) is 11.4 Å². The van der Waals surface area contributed by atoms with E-state index in [0.29, 0.717) is 29.2 Å². The highest BCUT2D eigenvalue weighted by Gasteiger charge is 2.15. The normalized spacial score (nSPS) is 17.9. The third-order valence-electron chi connectivity index (χ3n) is 3.72. The highest BCUT2D eigenvalue weighted by atomic mass is 35.5. The van der Waals surface area contributed by atoms with Crippen LogP contribution in [0, 0.1) is 0 Å². The summed E-state index contributed by atoms with van der Waals surface area (Å²) in [6.07, 6.45) is 2.45. The lowest BCUT2D eigenvalue weighted by Gasteiger charge is -2.13. The molecule has 1 aromatic carbocycles. The number of rotatable bonds is 5. The van der Waals surface area contributed by atoms with Gasteiger partial charge < -0.3 is 19.9 Å². The molecule has 128 valence electrons. The van der Waals surface area contributed by atoms with Gasteiger partial charge in [0.25, 0.3) is 0 Å². The maximum Gasteiger partial charge on any atom is 0.246 e. The molecule has 2 N–H and O–H groups in total. The van der Waals surface area contributed by atoms with Crippen LogP contribution >= 0.6 is 11.6 Å². The van der Waals surface area contributed by atoms with Gasteiger partial charge in [-0.05, 0) is 37.1 Å². The molecule has 1 unspecified atom stereocenters. The van der Waals surface area contributed by atoms with Gasteiger partial charge in [0.05, 0.1) is 12.6 Å². The molecule has 3 rings (SSSR count). The van der Waals surface area contributed by atoms with E-state index in [9.17, 15) is 0 Å². The van der Waals surface area contributed by atoms with Gasteiger partial charge in [0, 0.05) is 30.8 Å². The SMILES string of the molecule is CN=C(NCc1nc(-c2ccc(Cl)cc2)no1)NCC1CCCO1. The summed E-state index contributed by atoms with van der Waals surface area (Å²) >= 11 is 5.88. The number of guanidine groups is 1. The van der Waals surface area contributed by atoms with E-state index in [4.69, 9.17) is 20.9 Å². The molecule has 0 saturated carbocycles. The van der Waals surface area contributed by atoms with Crippen LogP contribution < -0.4 is 10.6 Å². The van der Waals surface area contributed by atoms with Gasteiger partial charge >= 0.3 is 0 Å². The second-order valence-corrected chi connectivity index (χ2v) is 5.90. The first-order valence-electron chi connectivity index (χ1n) is 7.89. The van der Waals surface area contributed by atoms with E-state index < -0.39 is 0 Å². The van der Waals surface area contributed by atoms with Crippen LogP contribution in [0.5, 0.6) is 0 Å². The fraction of sp³-hybridized carbons (Fsp3) is 0.438. The molecule has 1 aliphatic rings. The maximum atomic E-state index is 5.88. The summed E-state index contributed by atoms with van der Waals surface area (Å²) in [5, 5.41) is 11.0. The highest BCUT2D eigenvalue weighted by Crippen LogP contribution is 2.18. The van der Waals surface area contributed by atoms with E-state index in [0.717, 1.165) is 31.6 Å². The van der Waals surface area contributed by atoms with Crippen molar-refractivity contribution in [1.82, 2.24) is 20.8 Å². The van der Waals surface area contributed by atoms with Gasteiger partial charge in [-0.2, -0.15) is 4.98 Å². The Hall–Kier alpha value is -2.12. The van der Waals surface area contributed by atoms with Crippen LogP contribution in [-0.2, 0) is 11.3 Å². The van der Waals surface area contributed by atoms with Crippen molar-refractivity contribution < 1.29 is 9.26 Å². The Morgan fingerprint density at radius 1 is 1.33 bits per heavy atom. The topological polar surface area (TPSA) is 84.6 Å². The molecule has 0 spiro atoms. The van der Waals surface area contributed by atoms with Crippen molar-refractivity contribution >= 4 is 17.6 Å². The number of nitrogens with one attached hydrogen (secondary N) is 2. The second kappa shape index (κ2) is 8.12.